The van der Waals surface area contributed by atoms with Crippen molar-refractivity contribution in [2.45, 2.75) is 26.1 Å². The highest BCUT2D eigenvalue weighted by molar-refractivity contribution is 14.0. The highest BCUT2D eigenvalue weighted by Crippen LogP contribution is 2.19. The van der Waals surface area contributed by atoms with Gasteiger partial charge < -0.3 is 25.5 Å². The predicted octanol–water partition coefficient (Wildman–Crippen LogP) is 3.60. The summed E-state index contributed by atoms with van der Waals surface area (Å²) in [6, 6.07) is 14.6. The van der Waals surface area contributed by atoms with E-state index < -0.39 is 6.10 Å². The highest BCUT2D eigenvalue weighted by atomic mass is 127. The molecule has 0 aliphatic rings. The van der Waals surface area contributed by atoms with Gasteiger partial charge in [-0.05, 0) is 42.7 Å². The fourth-order valence-electron chi connectivity index (χ4n) is 3.16. The largest absolute Gasteiger partial charge is 0.389 e. The summed E-state index contributed by atoms with van der Waals surface area (Å²) in [6.07, 6.45) is 2.00. The topological polar surface area (TPSA) is 81.7 Å². The Bertz CT molecular complexity index is 949. The number of hydrogen-bond acceptors (Lipinski definition) is 3. The van der Waals surface area contributed by atoms with Crippen molar-refractivity contribution < 1.29 is 14.2 Å². The fraction of sp³-hybridized carbons (Fsp3) is 0.348. The Morgan fingerprint density at radius 3 is 2.77 bits per heavy atom. The molecule has 1 aromatic heterocycles. The first kappa shape index (κ1) is 25.1. The monoisotopic (exact) mass is 540 g/mol. The van der Waals surface area contributed by atoms with Gasteiger partial charge in [0.25, 0.3) is 0 Å². The van der Waals surface area contributed by atoms with E-state index in [9.17, 15) is 9.50 Å². The third-order valence-electron chi connectivity index (χ3n) is 4.64. The number of halogens is 2. The number of aliphatic imine (C=N–C) groups is 1. The van der Waals surface area contributed by atoms with Crippen LogP contribution in [-0.4, -0.2) is 48.4 Å². The van der Waals surface area contributed by atoms with Crippen LogP contribution >= 0.6 is 24.0 Å². The van der Waals surface area contributed by atoms with Crippen molar-refractivity contribution >= 4 is 40.8 Å². The first-order valence-electron chi connectivity index (χ1n) is 10.2. The molecule has 168 valence electrons. The Hall–Kier alpha value is -2.17. The second-order valence-electron chi connectivity index (χ2n) is 7.05. The zero-order chi connectivity index (χ0) is 21.2. The van der Waals surface area contributed by atoms with Gasteiger partial charge >= 0.3 is 0 Å². The van der Waals surface area contributed by atoms with Gasteiger partial charge in [-0.15, -0.1) is 24.0 Å². The molecule has 1 unspecified atom stereocenters. The number of benzene rings is 2. The van der Waals surface area contributed by atoms with Crippen molar-refractivity contribution in [1.29, 1.82) is 0 Å². The van der Waals surface area contributed by atoms with Crippen molar-refractivity contribution in [3.63, 3.8) is 0 Å². The van der Waals surface area contributed by atoms with Crippen LogP contribution in [-0.2, 0) is 17.8 Å². The maximum Gasteiger partial charge on any atom is 0.191 e. The summed E-state index contributed by atoms with van der Waals surface area (Å²) >= 11 is 0. The molecule has 31 heavy (non-hydrogen) atoms. The molecule has 0 bridgehead atoms. The summed E-state index contributed by atoms with van der Waals surface area (Å²) in [7, 11) is 0. The average molecular weight is 540 g/mol. The lowest BCUT2D eigenvalue weighted by atomic mass is 10.1. The van der Waals surface area contributed by atoms with E-state index in [1.165, 1.54) is 12.1 Å². The van der Waals surface area contributed by atoms with Gasteiger partial charge in [-0.2, -0.15) is 0 Å². The molecule has 2 aromatic carbocycles. The van der Waals surface area contributed by atoms with E-state index in [1.54, 1.807) is 6.07 Å². The number of H-pyrrole nitrogens is 1. The molecule has 1 heterocycles. The molecule has 0 aliphatic heterocycles. The summed E-state index contributed by atoms with van der Waals surface area (Å²) in [5.41, 5.74) is 2.98. The lowest BCUT2D eigenvalue weighted by Crippen LogP contribution is -2.39. The summed E-state index contributed by atoms with van der Waals surface area (Å²) in [5.74, 6) is 0.396. The van der Waals surface area contributed by atoms with Gasteiger partial charge in [0.2, 0.25) is 0 Å². The van der Waals surface area contributed by atoms with Crippen LogP contribution in [0.4, 0.5) is 4.39 Å². The van der Waals surface area contributed by atoms with Crippen molar-refractivity contribution in [3.05, 3.63) is 71.7 Å². The smallest absolute Gasteiger partial charge is 0.191 e. The Labute approximate surface area is 199 Å². The number of nitrogens with one attached hydrogen (secondary N) is 3. The molecular formula is C23H30FIN4O2. The van der Waals surface area contributed by atoms with E-state index in [4.69, 9.17) is 4.74 Å². The number of hydrogen-bond donors (Lipinski definition) is 4. The van der Waals surface area contributed by atoms with Gasteiger partial charge in [0.15, 0.2) is 5.96 Å². The van der Waals surface area contributed by atoms with Crippen molar-refractivity contribution in [1.82, 2.24) is 15.6 Å². The molecule has 4 N–H and O–H groups in total. The fourth-order valence-corrected chi connectivity index (χ4v) is 3.16. The number of nitrogens with zero attached hydrogens (tertiary/aromatic N) is 1. The number of guanidine groups is 1. The van der Waals surface area contributed by atoms with Gasteiger partial charge in [-0.1, -0.05) is 30.3 Å². The molecule has 3 aromatic rings. The van der Waals surface area contributed by atoms with Gasteiger partial charge in [-0.3, -0.25) is 4.99 Å². The summed E-state index contributed by atoms with van der Waals surface area (Å²) in [5, 5.41) is 17.6. The Morgan fingerprint density at radius 1 is 1.19 bits per heavy atom. The molecule has 0 aliphatic carbocycles. The maximum atomic E-state index is 13.3. The van der Waals surface area contributed by atoms with Crippen LogP contribution in [0, 0.1) is 5.82 Å². The van der Waals surface area contributed by atoms with Crippen LogP contribution in [0.15, 0.2) is 59.7 Å². The van der Waals surface area contributed by atoms with E-state index in [2.05, 4.69) is 20.6 Å². The minimum Gasteiger partial charge on any atom is -0.389 e. The number of aliphatic hydroxyl groups excluding tert-OH is 1. The summed E-state index contributed by atoms with van der Waals surface area (Å²) < 4.78 is 18.9. The lowest BCUT2D eigenvalue weighted by Gasteiger charge is -2.13. The standard InChI is InChI=1S/C23H29FN4O2.HI/c1-2-25-23(28-14-20(29)16-30-15-17-6-4-3-5-7-17)26-11-10-18-13-27-22-12-19(24)8-9-21(18)22;/h3-9,12-13,20,27,29H,2,10-11,14-16H2,1H3,(H2,25,26,28);1H. The molecule has 8 heteroatoms. The van der Waals surface area contributed by atoms with Crippen LogP contribution in [0.2, 0.25) is 0 Å². The number of ether oxygens (including phenoxy) is 1. The van der Waals surface area contributed by atoms with E-state index in [0.717, 1.165) is 35.0 Å². The molecule has 0 radical (unpaired) electrons. The van der Waals surface area contributed by atoms with E-state index in [1.807, 2.05) is 43.5 Å². The highest BCUT2D eigenvalue weighted by Gasteiger charge is 2.07. The number of fused-ring (bicyclic) bond motifs is 1. The predicted molar refractivity (Wildman–Crippen MR) is 133 cm³/mol. The van der Waals surface area contributed by atoms with Crippen LogP contribution < -0.4 is 10.6 Å². The molecule has 0 saturated carbocycles. The van der Waals surface area contributed by atoms with E-state index in [0.29, 0.717) is 19.1 Å². The average Bonchev–Trinajstić information content (AvgIpc) is 3.14. The number of aromatic amines is 1. The molecule has 0 spiro atoms. The number of aliphatic hydroxyl groups is 1. The van der Waals surface area contributed by atoms with Gasteiger partial charge in [0.05, 0.1) is 25.9 Å². The van der Waals surface area contributed by atoms with Crippen molar-refractivity contribution in [3.8, 4) is 0 Å². The van der Waals surface area contributed by atoms with Gasteiger partial charge in [-0.25, -0.2) is 4.39 Å². The quantitative estimate of drug-likeness (QED) is 0.180. The second-order valence-corrected chi connectivity index (χ2v) is 7.05. The minimum absolute atomic E-state index is 0. The van der Waals surface area contributed by atoms with Crippen molar-refractivity contribution in [2.75, 3.05) is 26.2 Å². The molecule has 3 rings (SSSR count). The normalized spacial score (nSPS) is 12.4. The molecule has 0 saturated heterocycles. The first-order valence-corrected chi connectivity index (χ1v) is 10.2. The van der Waals surface area contributed by atoms with E-state index in [-0.39, 0.29) is 42.9 Å². The second kappa shape index (κ2) is 13.3. The van der Waals surface area contributed by atoms with Crippen molar-refractivity contribution in [2.24, 2.45) is 4.99 Å². The molecular weight excluding hydrogens is 510 g/mol. The lowest BCUT2D eigenvalue weighted by molar-refractivity contribution is 0.0331. The third-order valence-corrected chi connectivity index (χ3v) is 4.64. The number of rotatable bonds is 10. The Morgan fingerprint density at radius 2 is 2.00 bits per heavy atom. The Balaban J connectivity index is 0.00000341. The Kier molecular flexibility index (Phi) is 10.8. The van der Waals surface area contributed by atoms with E-state index >= 15 is 0 Å². The molecule has 0 fully saturated rings. The molecule has 1 atom stereocenters. The zero-order valence-electron chi connectivity index (χ0n) is 17.6. The zero-order valence-corrected chi connectivity index (χ0v) is 19.9. The third kappa shape index (κ3) is 8.12. The van der Waals surface area contributed by atoms with Crippen LogP contribution in [0.3, 0.4) is 0 Å². The summed E-state index contributed by atoms with van der Waals surface area (Å²) in [6.45, 7) is 4.31. The van der Waals surface area contributed by atoms with Crippen LogP contribution in [0.5, 0.6) is 0 Å². The van der Waals surface area contributed by atoms with Gasteiger partial charge in [0.1, 0.15) is 5.82 Å². The van der Waals surface area contributed by atoms with Crippen LogP contribution in [0.1, 0.15) is 18.1 Å². The minimum atomic E-state index is -0.673. The summed E-state index contributed by atoms with van der Waals surface area (Å²) in [4.78, 5) is 7.54. The first-order chi connectivity index (χ1) is 14.7. The number of aromatic nitrogens is 1. The SMILES string of the molecule is CCNC(=NCC(O)COCc1ccccc1)NCCc1c[nH]c2cc(F)ccc12.I. The molecule has 6 nitrogen and oxygen atoms in total. The molecule has 0 amide bonds. The van der Waals surface area contributed by atoms with Crippen LogP contribution in [0.25, 0.3) is 10.9 Å². The van der Waals surface area contributed by atoms with Gasteiger partial charge in [0, 0.05) is 30.2 Å². The maximum absolute atomic E-state index is 13.3.